The average Bonchev–Trinajstić information content (AvgIpc) is 2.92. The van der Waals surface area contributed by atoms with Crippen molar-refractivity contribution in [2.75, 3.05) is 0 Å². The number of fused-ring (bicyclic) bond motifs is 1. The standard InChI is InChI=1S/C15H23ClN4/c1-10-4-6-12(7-5-10)9-20-13(8-16)17-14-11(2)18-19(3)15(14)20/h10,12H,4-9H2,1-3H3. The van der Waals surface area contributed by atoms with E-state index in [0.29, 0.717) is 5.88 Å². The Morgan fingerprint density at radius 1 is 1.25 bits per heavy atom. The van der Waals surface area contributed by atoms with E-state index in [1.807, 2.05) is 18.7 Å². The van der Waals surface area contributed by atoms with Crippen LogP contribution in [0.4, 0.5) is 0 Å². The summed E-state index contributed by atoms with van der Waals surface area (Å²) in [6, 6.07) is 0. The van der Waals surface area contributed by atoms with E-state index in [-0.39, 0.29) is 0 Å². The van der Waals surface area contributed by atoms with Crippen molar-refractivity contribution in [1.29, 1.82) is 0 Å². The molecule has 4 nitrogen and oxygen atoms in total. The lowest BCUT2D eigenvalue weighted by Gasteiger charge is -2.27. The molecule has 1 aliphatic rings. The molecule has 1 saturated carbocycles. The predicted molar refractivity (Wildman–Crippen MR) is 81.9 cm³/mol. The number of hydrogen-bond donors (Lipinski definition) is 0. The van der Waals surface area contributed by atoms with E-state index in [4.69, 9.17) is 11.6 Å². The zero-order chi connectivity index (χ0) is 14.3. The summed E-state index contributed by atoms with van der Waals surface area (Å²) < 4.78 is 4.24. The molecule has 0 saturated heterocycles. The highest BCUT2D eigenvalue weighted by Crippen LogP contribution is 2.31. The first-order chi connectivity index (χ1) is 9.60. The van der Waals surface area contributed by atoms with Crippen LogP contribution in [0.2, 0.25) is 0 Å². The molecule has 0 spiro atoms. The van der Waals surface area contributed by atoms with E-state index < -0.39 is 0 Å². The first kappa shape index (κ1) is 13.9. The molecule has 1 aliphatic carbocycles. The third kappa shape index (κ3) is 2.34. The summed E-state index contributed by atoms with van der Waals surface area (Å²) in [7, 11) is 1.99. The van der Waals surface area contributed by atoms with E-state index >= 15 is 0 Å². The molecule has 2 aromatic heterocycles. The molecule has 3 rings (SSSR count). The van der Waals surface area contributed by atoms with Crippen molar-refractivity contribution in [3.63, 3.8) is 0 Å². The van der Waals surface area contributed by atoms with Gasteiger partial charge in [-0.05, 0) is 31.6 Å². The Labute approximate surface area is 125 Å². The quantitative estimate of drug-likeness (QED) is 0.810. The molecule has 0 atom stereocenters. The second-order valence-corrected chi connectivity index (χ2v) is 6.55. The SMILES string of the molecule is Cc1nn(C)c2c1nc(CCl)n2CC1CCC(C)CC1. The summed E-state index contributed by atoms with van der Waals surface area (Å²) in [6.45, 7) is 5.41. The molecule has 1 fully saturated rings. The van der Waals surface area contributed by atoms with Gasteiger partial charge in [0.1, 0.15) is 11.3 Å². The maximum absolute atomic E-state index is 6.09. The first-order valence-corrected chi connectivity index (χ1v) is 8.08. The van der Waals surface area contributed by atoms with Crippen LogP contribution < -0.4 is 0 Å². The van der Waals surface area contributed by atoms with Crippen LogP contribution in [-0.4, -0.2) is 19.3 Å². The smallest absolute Gasteiger partial charge is 0.158 e. The van der Waals surface area contributed by atoms with E-state index in [2.05, 4.69) is 21.6 Å². The van der Waals surface area contributed by atoms with Crippen LogP contribution >= 0.6 is 11.6 Å². The van der Waals surface area contributed by atoms with Gasteiger partial charge < -0.3 is 4.57 Å². The molecule has 5 heteroatoms. The summed E-state index contributed by atoms with van der Waals surface area (Å²) in [5.41, 5.74) is 3.12. The minimum Gasteiger partial charge on any atom is -0.312 e. The summed E-state index contributed by atoms with van der Waals surface area (Å²) in [5, 5.41) is 4.48. The van der Waals surface area contributed by atoms with Crippen molar-refractivity contribution >= 4 is 22.8 Å². The Balaban J connectivity index is 1.93. The Kier molecular flexibility index (Phi) is 3.76. The number of alkyl halides is 1. The lowest BCUT2D eigenvalue weighted by atomic mass is 9.83. The Bertz CT molecular complexity index is 605. The lowest BCUT2D eigenvalue weighted by molar-refractivity contribution is 0.264. The second-order valence-electron chi connectivity index (χ2n) is 6.28. The molecule has 0 radical (unpaired) electrons. The number of imidazole rings is 1. The topological polar surface area (TPSA) is 35.6 Å². The number of aryl methyl sites for hydroxylation is 2. The number of aromatic nitrogens is 4. The number of nitrogens with zero attached hydrogens (tertiary/aromatic N) is 4. The van der Waals surface area contributed by atoms with Gasteiger partial charge in [-0.15, -0.1) is 11.6 Å². The molecule has 0 aliphatic heterocycles. The van der Waals surface area contributed by atoms with Gasteiger partial charge in [0, 0.05) is 13.6 Å². The maximum Gasteiger partial charge on any atom is 0.158 e. The highest BCUT2D eigenvalue weighted by atomic mass is 35.5. The zero-order valence-electron chi connectivity index (χ0n) is 12.6. The van der Waals surface area contributed by atoms with Crippen LogP contribution in [0.25, 0.3) is 11.2 Å². The Morgan fingerprint density at radius 2 is 1.95 bits per heavy atom. The van der Waals surface area contributed by atoms with Crippen LogP contribution in [0.5, 0.6) is 0 Å². The van der Waals surface area contributed by atoms with Gasteiger partial charge in [0.25, 0.3) is 0 Å². The van der Waals surface area contributed by atoms with Gasteiger partial charge in [0.2, 0.25) is 0 Å². The Hall–Kier alpha value is -1.03. The van der Waals surface area contributed by atoms with Crippen molar-refractivity contribution in [2.24, 2.45) is 18.9 Å². The summed E-state index contributed by atoms with van der Waals surface area (Å²) in [6.07, 6.45) is 5.34. The summed E-state index contributed by atoms with van der Waals surface area (Å²) in [4.78, 5) is 4.68. The van der Waals surface area contributed by atoms with Crippen LogP contribution in [0.1, 0.15) is 44.1 Å². The summed E-state index contributed by atoms with van der Waals surface area (Å²) in [5.74, 6) is 3.09. The molecule has 0 amide bonds. The number of halogens is 1. The van der Waals surface area contributed by atoms with Crippen LogP contribution in [-0.2, 0) is 19.5 Å². The molecule has 0 unspecified atom stereocenters. The molecular formula is C15H23ClN4. The molecule has 0 bridgehead atoms. The molecule has 0 aromatic carbocycles. The highest BCUT2D eigenvalue weighted by molar-refractivity contribution is 6.16. The fourth-order valence-corrected chi connectivity index (χ4v) is 3.65. The van der Waals surface area contributed by atoms with Crippen LogP contribution in [0.3, 0.4) is 0 Å². The molecule has 2 heterocycles. The van der Waals surface area contributed by atoms with E-state index in [1.165, 1.54) is 25.7 Å². The first-order valence-electron chi connectivity index (χ1n) is 7.54. The van der Waals surface area contributed by atoms with E-state index in [9.17, 15) is 0 Å². The minimum atomic E-state index is 0.469. The molecule has 20 heavy (non-hydrogen) atoms. The second kappa shape index (κ2) is 5.40. The predicted octanol–water partition coefficient (Wildman–Crippen LogP) is 3.64. The van der Waals surface area contributed by atoms with E-state index in [1.54, 1.807) is 0 Å². The molecule has 0 N–H and O–H groups in total. The van der Waals surface area contributed by atoms with Crippen molar-refractivity contribution in [1.82, 2.24) is 19.3 Å². The van der Waals surface area contributed by atoms with E-state index in [0.717, 1.165) is 41.1 Å². The fourth-order valence-electron chi connectivity index (χ4n) is 3.44. The van der Waals surface area contributed by atoms with Gasteiger partial charge in [-0.3, -0.25) is 4.68 Å². The van der Waals surface area contributed by atoms with Gasteiger partial charge in [-0.1, -0.05) is 19.8 Å². The number of rotatable bonds is 3. The van der Waals surface area contributed by atoms with Gasteiger partial charge >= 0.3 is 0 Å². The fraction of sp³-hybridized carbons (Fsp3) is 0.733. The molecule has 110 valence electrons. The largest absolute Gasteiger partial charge is 0.312 e. The van der Waals surface area contributed by atoms with Gasteiger partial charge in [0.05, 0.1) is 11.6 Å². The summed E-state index contributed by atoms with van der Waals surface area (Å²) >= 11 is 6.09. The van der Waals surface area contributed by atoms with Gasteiger partial charge in [-0.25, -0.2) is 4.98 Å². The van der Waals surface area contributed by atoms with Crippen LogP contribution in [0, 0.1) is 18.8 Å². The maximum atomic E-state index is 6.09. The van der Waals surface area contributed by atoms with Crippen molar-refractivity contribution in [3.8, 4) is 0 Å². The average molecular weight is 295 g/mol. The zero-order valence-corrected chi connectivity index (χ0v) is 13.3. The number of hydrogen-bond acceptors (Lipinski definition) is 2. The van der Waals surface area contributed by atoms with Crippen molar-refractivity contribution in [2.45, 2.75) is 52.0 Å². The van der Waals surface area contributed by atoms with Crippen LogP contribution in [0.15, 0.2) is 0 Å². The molecule has 2 aromatic rings. The Morgan fingerprint density at radius 3 is 2.60 bits per heavy atom. The third-order valence-corrected chi connectivity index (χ3v) is 4.90. The normalized spacial score (nSPS) is 23.6. The lowest BCUT2D eigenvalue weighted by Crippen LogP contribution is -2.19. The van der Waals surface area contributed by atoms with Crippen molar-refractivity contribution < 1.29 is 0 Å². The minimum absolute atomic E-state index is 0.469. The third-order valence-electron chi connectivity index (χ3n) is 4.66. The highest BCUT2D eigenvalue weighted by Gasteiger charge is 2.22. The van der Waals surface area contributed by atoms with Gasteiger partial charge in [0.15, 0.2) is 5.65 Å². The monoisotopic (exact) mass is 294 g/mol. The molecular weight excluding hydrogens is 272 g/mol. The van der Waals surface area contributed by atoms with Gasteiger partial charge in [-0.2, -0.15) is 5.10 Å². The van der Waals surface area contributed by atoms with Crippen molar-refractivity contribution in [3.05, 3.63) is 11.5 Å².